The largest absolute Gasteiger partial charge is 0.497 e. The Morgan fingerprint density at radius 2 is 2.29 bits per heavy atom. The van der Waals surface area contributed by atoms with Crippen molar-refractivity contribution in [2.24, 2.45) is 11.7 Å². The summed E-state index contributed by atoms with van der Waals surface area (Å²) in [6.45, 7) is 2.18. The summed E-state index contributed by atoms with van der Waals surface area (Å²) in [6.07, 6.45) is 0.567. The number of ether oxygens (including phenoxy) is 1. The van der Waals surface area contributed by atoms with Gasteiger partial charge in [-0.1, -0.05) is 6.92 Å². The topological polar surface area (TPSA) is 64.3 Å². The van der Waals surface area contributed by atoms with Crippen molar-refractivity contribution in [2.45, 2.75) is 13.3 Å². The maximum atomic E-state index is 13.4. The fourth-order valence-corrected chi connectivity index (χ4v) is 1.36. The van der Waals surface area contributed by atoms with Crippen molar-refractivity contribution >= 4 is 11.6 Å². The summed E-state index contributed by atoms with van der Waals surface area (Å²) >= 11 is 0. The Morgan fingerprint density at radius 1 is 1.59 bits per heavy atom. The highest BCUT2D eigenvalue weighted by molar-refractivity contribution is 5.92. The lowest BCUT2D eigenvalue weighted by Crippen LogP contribution is -2.23. The average molecular weight is 240 g/mol. The first-order valence-electron chi connectivity index (χ1n) is 5.43. The maximum Gasteiger partial charge on any atom is 0.227 e. The van der Waals surface area contributed by atoms with E-state index in [-0.39, 0.29) is 17.5 Å². The molecule has 1 amide bonds. The number of halogens is 1. The van der Waals surface area contributed by atoms with Crippen molar-refractivity contribution in [2.75, 3.05) is 19.0 Å². The van der Waals surface area contributed by atoms with E-state index in [0.29, 0.717) is 18.7 Å². The summed E-state index contributed by atoms with van der Waals surface area (Å²) in [6, 6.07) is 4.19. The third kappa shape index (κ3) is 3.71. The molecule has 3 N–H and O–H groups in total. The van der Waals surface area contributed by atoms with E-state index < -0.39 is 5.82 Å². The molecule has 0 aliphatic heterocycles. The van der Waals surface area contributed by atoms with E-state index in [4.69, 9.17) is 10.5 Å². The minimum Gasteiger partial charge on any atom is -0.497 e. The standard InChI is InChI=1S/C12H17FN2O2/c1-8(5-6-14)12(16)15-11-7-9(17-2)3-4-10(11)13/h3-4,7-8H,5-6,14H2,1-2H3,(H,15,16). The Labute approximate surface area is 100.0 Å². The first-order valence-corrected chi connectivity index (χ1v) is 5.43. The molecule has 0 heterocycles. The van der Waals surface area contributed by atoms with E-state index in [0.717, 1.165) is 0 Å². The molecule has 0 aliphatic rings. The molecule has 1 rings (SSSR count). The zero-order valence-electron chi connectivity index (χ0n) is 10.00. The second-order valence-corrected chi connectivity index (χ2v) is 3.81. The summed E-state index contributed by atoms with van der Waals surface area (Å²) in [5.74, 6) is -0.486. The highest BCUT2D eigenvalue weighted by Crippen LogP contribution is 2.21. The zero-order chi connectivity index (χ0) is 12.8. The van der Waals surface area contributed by atoms with Gasteiger partial charge in [0.25, 0.3) is 0 Å². The van der Waals surface area contributed by atoms with Gasteiger partial charge in [0.15, 0.2) is 0 Å². The van der Waals surface area contributed by atoms with Crippen molar-refractivity contribution in [1.82, 2.24) is 0 Å². The Kier molecular flexibility index (Phi) is 4.90. The molecule has 0 aliphatic carbocycles. The number of hydrogen-bond acceptors (Lipinski definition) is 3. The second kappa shape index (κ2) is 6.20. The Morgan fingerprint density at radius 3 is 2.88 bits per heavy atom. The van der Waals surface area contributed by atoms with Crippen LogP contribution in [-0.4, -0.2) is 19.6 Å². The van der Waals surface area contributed by atoms with E-state index >= 15 is 0 Å². The second-order valence-electron chi connectivity index (χ2n) is 3.81. The van der Waals surface area contributed by atoms with Crippen LogP contribution in [-0.2, 0) is 4.79 Å². The molecule has 1 unspecified atom stereocenters. The van der Waals surface area contributed by atoms with Crippen LogP contribution in [0.25, 0.3) is 0 Å². The minimum absolute atomic E-state index is 0.123. The predicted octanol–water partition coefficient (Wildman–Crippen LogP) is 1.76. The van der Waals surface area contributed by atoms with Gasteiger partial charge < -0.3 is 15.8 Å². The third-order valence-corrected chi connectivity index (χ3v) is 2.48. The van der Waals surface area contributed by atoms with E-state index in [1.165, 1.54) is 25.3 Å². The van der Waals surface area contributed by atoms with Gasteiger partial charge in [-0.25, -0.2) is 4.39 Å². The van der Waals surface area contributed by atoms with Crippen molar-refractivity contribution < 1.29 is 13.9 Å². The summed E-state index contributed by atoms with van der Waals surface area (Å²) in [4.78, 5) is 11.7. The fraction of sp³-hybridized carbons (Fsp3) is 0.417. The number of hydrogen-bond donors (Lipinski definition) is 2. The highest BCUT2D eigenvalue weighted by Gasteiger charge is 2.14. The van der Waals surface area contributed by atoms with Gasteiger partial charge in [-0.3, -0.25) is 4.79 Å². The number of rotatable bonds is 5. The third-order valence-electron chi connectivity index (χ3n) is 2.48. The van der Waals surface area contributed by atoms with Gasteiger partial charge in [0, 0.05) is 12.0 Å². The molecule has 0 bridgehead atoms. The Bertz CT molecular complexity index is 396. The van der Waals surface area contributed by atoms with E-state index in [9.17, 15) is 9.18 Å². The van der Waals surface area contributed by atoms with Crippen LogP contribution in [0.4, 0.5) is 10.1 Å². The fourth-order valence-electron chi connectivity index (χ4n) is 1.36. The van der Waals surface area contributed by atoms with Crippen LogP contribution in [0.1, 0.15) is 13.3 Å². The van der Waals surface area contributed by atoms with Gasteiger partial charge in [-0.15, -0.1) is 0 Å². The van der Waals surface area contributed by atoms with Crippen LogP contribution in [0.15, 0.2) is 18.2 Å². The van der Waals surface area contributed by atoms with Crippen LogP contribution in [0, 0.1) is 11.7 Å². The van der Waals surface area contributed by atoms with Gasteiger partial charge in [0.05, 0.1) is 12.8 Å². The smallest absolute Gasteiger partial charge is 0.227 e. The van der Waals surface area contributed by atoms with Gasteiger partial charge in [-0.05, 0) is 25.1 Å². The number of carbonyl (C=O) groups is 1. The highest BCUT2D eigenvalue weighted by atomic mass is 19.1. The number of carbonyl (C=O) groups excluding carboxylic acids is 1. The molecule has 0 fully saturated rings. The zero-order valence-corrected chi connectivity index (χ0v) is 10.00. The molecule has 1 aromatic carbocycles. The van der Waals surface area contributed by atoms with E-state index in [1.807, 2.05) is 0 Å². The van der Waals surface area contributed by atoms with Crippen LogP contribution in [0.2, 0.25) is 0 Å². The molecule has 1 aromatic rings. The normalized spacial score (nSPS) is 12.0. The predicted molar refractivity (Wildman–Crippen MR) is 64.4 cm³/mol. The van der Waals surface area contributed by atoms with Gasteiger partial charge >= 0.3 is 0 Å². The summed E-state index contributed by atoms with van der Waals surface area (Å²) in [5, 5.41) is 2.52. The Balaban J connectivity index is 2.76. The molecule has 0 radical (unpaired) electrons. The molecule has 0 saturated carbocycles. The van der Waals surface area contributed by atoms with Crippen molar-refractivity contribution in [3.63, 3.8) is 0 Å². The number of nitrogens with one attached hydrogen (secondary N) is 1. The van der Waals surface area contributed by atoms with Crippen molar-refractivity contribution in [3.05, 3.63) is 24.0 Å². The first-order chi connectivity index (χ1) is 8.08. The molecule has 4 nitrogen and oxygen atoms in total. The van der Waals surface area contributed by atoms with E-state index in [1.54, 1.807) is 6.92 Å². The summed E-state index contributed by atoms with van der Waals surface area (Å²) in [7, 11) is 1.48. The quantitative estimate of drug-likeness (QED) is 0.824. The SMILES string of the molecule is COc1ccc(F)c(NC(=O)C(C)CCN)c1. The van der Waals surface area contributed by atoms with Crippen LogP contribution in [0.5, 0.6) is 5.75 Å². The van der Waals surface area contributed by atoms with E-state index in [2.05, 4.69) is 5.32 Å². The first kappa shape index (κ1) is 13.4. The van der Waals surface area contributed by atoms with Gasteiger partial charge in [0.1, 0.15) is 11.6 Å². The van der Waals surface area contributed by atoms with Crippen LogP contribution in [0.3, 0.4) is 0 Å². The molecule has 5 heteroatoms. The molecule has 0 saturated heterocycles. The lowest BCUT2D eigenvalue weighted by atomic mass is 10.1. The number of amides is 1. The number of benzene rings is 1. The van der Waals surface area contributed by atoms with Gasteiger partial charge in [0.2, 0.25) is 5.91 Å². The molecule has 94 valence electrons. The monoisotopic (exact) mass is 240 g/mol. The lowest BCUT2D eigenvalue weighted by Gasteiger charge is -2.12. The summed E-state index contributed by atoms with van der Waals surface area (Å²) < 4.78 is 18.4. The molecule has 17 heavy (non-hydrogen) atoms. The molecular weight excluding hydrogens is 223 g/mol. The van der Waals surface area contributed by atoms with Crippen molar-refractivity contribution in [1.29, 1.82) is 0 Å². The number of methoxy groups -OCH3 is 1. The molecule has 0 spiro atoms. The Hall–Kier alpha value is -1.62. The molecular formula is C12H17FN2O2. The lowest BCUT2D eigenvalue weighted by molar-refractivity contribution is -0.119. The minimum atomic E-state index is -0.487. The maximum absolute atomic E-state index is 13.4. The molecule has 0 aromatic heterocycles. The average Bonchev–Trinajstić information content (AvgIpc) is 2.32. The van der Waals surface area contributed by atoms with Gasteiger partial charge in [-0.2, -0.15) is 0 Å². The molecule has 1 atom stereocenters. The van der Waals surface area contributed by atoms with Crippen LogP contribution < -0.4 is 15.8 Å². The number of anilines is 1. The number of nitrogens with two attached hydrogens (primary N) is 1. The van der Waals surface area contributed by atoms with Crippen molar-refractivity contribution in [3.8, 4) is 5.75 Å². The van der Waals surface area contributed by atoms with Crippen LogP contribution >= 0.6 is 0 Å². The summed E-state index contributed by atoms with van der Waals surface area (Å²) in [5.41, 5.74) is 5.49.